The Labute approximate surface area is 128 Å². The van der Waals surface area contributed by atoms with Gasteiger partial charge in [-0.25, -0.2) is 4.98 Å². The molecule has 2 aromatic rings. The van der Waals surface area contributed by atoms with E-state index in [2.05, 4.69) is 20.8 Å². The van der Waals surface area contributed by atoms with Crippen LogP contribution in [0.4, 0.5) is 0 Å². The Morgan fingerprint density at radius 1 is 1.30 bits per heavy atom. The van der Waals surface area contributed by atoms with Gasteiger partial charge in [0, 0.05) is 5.41 Å². The van der Waals surface area contributed by atoms with Gasteiger partial charge in [0.1, 0.15) is 15.7 Å². The van der Waals surface area contributed by atoms with E-state index in [0.717, 1.165) is 26.9 Å². The minimum Gasteiger partial charge on any atom is -0.496 e. The van der Waals surface area contributed by atoms with Crippen LogP contribution in [-0.4, -0.2) is 17.1 Å². The van der Waals surface area contributed by atoms with E-state index in [1.54, 1.807) is 7.11 Å². The van der Waals surface area contributed by atoms with Gasteiger partial charge in [-0.1, -0.05) is 45.1 Å². The highest BCUT2D eigenvalue weighted by Gasteiger charge is 2.25. The predicted octanol–water partition coefficient (Wildman–Crippen LogP) is 3.75. The lowest BCUT2D eigenvalue weighted by molar-refractivity contribution is 0.416. The van der Waals surface area contributed by atoms with Crippen LogP contribution in [0.1, 0.15) is 31.3 Å². The fraction of sp³-hybridized carbons (Fsp3) is 0.333. The van der Waals surface area contributed by atoms with Crippen molar-refractivity contribution in [2.75, 3.05) is 7.11 Å². The second-order valence-electron chi connectivity index (χ2n) is 5.51. The summed E-state index contributed by atoms with van der Waals surface area (Å²) in [6.45, 7) is 6.32. The van der Waals surface area contributed by atoms with Gasteiger partial charge in [-0.2, -0.15) is 0 Å². The molecule has 1 heterocycles. The minimum absolute atomic E-state index is 0.102. The summed E-state index contributed by atoms with van der Waals surface area (Å²) in [5, 5.41) is 0.884. The fourth-order valence-electron chi connectivity index (χ4n) is 1.93. The first-order chi connectivity index (χ1) is 9.34. The van der Waals surface area contributed by atoms with Crippen LogP contribution in [0.5, 0.6) is 5.75 Å². The molecular formula is C15H18N2OS2. The van der Waals surface area contributed by atoms with Gasteiger partial charge < -0.3 is 10.5 Å². The highest BCUT2D eigenvalue weighted by atomic mass is 32.1. The van der Waals surface area contributed by atoms with Crippen LogP contribution in [0, 0.1) is 0 Å². The Bertz CT molecular complexity index is 642. The third-order valence-electron chi connectivity index (χ3n) is 2.90. The van der Waals surface area contributed by atoms with Gasteiger partial charge in [0.25, 0.3) is 0 Å². The number of hydrogen-bond donors (Lipinski definition) is 1. The SMILES string of the molecule is COc1ccccc1-c1nc(C(C)(C)C)c(C(N)=S)s1. The van der Waals surface area contributed by atoms with Gasteiger partial charge in [-0.15, -0.1) is 11.3 Å². The summed E-state index contributed by atoms with van der Waals surface area (Å²) in [4.78, 5) is 6.03. The molecule has 20 heavy (non-hydrogen) atoms. The van der Waals surface area contributed by atoms with Crippen LogP contribution in [-0.2, 0) is 5.41 Å². The number of hydrogen-bond acceptors (Lipinski definition) is 4. The molecule has 0 aliphatic carbocycles. The molecule has 0 fully saturated rings. The zero-order valence-electron chi connectivity index (χ0n) is 12.1. The summed E-state index contributed by atoms with van der Waals surface area (Å²) in [6, 6.07) is 7.83. The van der Waals surface area contributed by atoms with Crippen LogP contribution in [0.15, 0.2) is 24.3 Å². The molecular weight excluding hydrogens is 288 g/mol. The smallest absolute Gasteiger partial charge is 0.129 e. The maximum absolute atomic E-state index is 5.84. The molecule has 5 heteroatoms. The van der Waals surface area contributed by atoms with Gasteiger partial charge in [-0.3, -0.25) is 0 Å². The molecule has 1 aromatic carbocycles. The lowest BCUT2D eigenvalue weighted by atomic mass is 9.91. The zero-order valence-corrected chi connectivity index (χ0v) is 13.7. The van der Waals surface area contributed by atoms with E-state index >= 15 is 0 Å². The number of ether oxygens (including phenoxy) is 1. The molecule has 2 rings (SSSR count). The molecule has 0 saturated carbocycles. The van der Waals surface area contributed by atoms with Crippen molar-refractivity contribution in [2.45, 2.75) is 26.2 Å². The number of thiazole rings is 1. The molecule has 0 amide bonds. The van der Waals surface area contributed by atoms with Gasteiger partial charge in [-0.05, 0) is 12.1 Å². The third kappa shape index (κ3) is 2.83. The Morgan fingerprint density at radius 2 is 1.95 bits per heavy atom. The summed E-state index contributed by atoms with van der Waals surface area (Å²) in [7, 11) is 1.66. The quantitative estimate of drug-likeness (QED) is 0.877. The number of benzene rings is 1. The molecule has 0 saturated heterocycles. The number of nitrogens with two attached hydrogens (primary N) is 1. The summed E-state index contributed by atoms with van der Waals surface area (Å²) >= 11 is 6.68. The van der Waals surface area contributed by atoms with Gasteiger partial charge in [0.2, 0.25) is 0 Å². The van der Waals surface area contributed by atoms with Gasteiger partial charge in [0.05, 0.1) is 23.2 Å². The molecule has 0 spiro atoms. The van der Waals surface area contributed by atoms with Crippen molar-refractivity contribution in [3.8, 4) is 16.3 Å². The monoisotopic (exact) mass is 306 g/mol. The van der Waals surface area contributed by atoms with Crippen LogP contribution < -0.4 is 10.5 Å². The first kappa shape index (κ1) is 14.9. The van der Waals surface area contributed by atoms with Crippen molar-refractivity contribution in [3.63, 3.8) is 0 Å². The zero-order chi connectivity index (χ0) is 14.9. The normalized spacial score (nSPS) is 11.4. The molecule has 0 bridgehead atoms. The predicted molar refractivity (Wildman–Crippen MR) is 88.7 cm³/mol. The van der Waals surface area contributed by atoms with E-state index in [-0.39, 0.29) is 5.41 Å². The average Bonchev–Trinajstić information content (AvgIpc) is 2.83. The van der Waals surface area contributed by atoms with E-state index in [1.165, 1.54) is 11.3 Å². The van der Waals surface area contributed by atoms with Crippen molar-refractivity contribution in [1.29, 1.82) is 0 Å². The first-order valence-electron chi connectivity index (χ1n) is 6.29. The second kappa shape index (κ2) is 5.50. The maximum atomic E-state index is 5.84. The van der Waals surface area contributed by atoms with Crippen LogP contribution >= 0.6 is 23.6 Å². The van der Waals surface area contributed by atoms with Crippen LogP contribution in [0.2, 0.25) is 0 Å². The van der Waals surface area contributed by atoms with Crippen molar-refractivity contribution >= 4 is 28.5 Å². The number of nitrogens with zero attached hydrogens (tertiary/aromatic N) is 1. The number of rotatable bonds is 3. The number of methoxy groups -OCH3 is 1. The lowest BCUT2D eigenvalue weighted by Crippen LogP contribution is -2.19. The van der Waals surface area contributed by atoms with E-state index in [9.17, 15) is 0 Å². The van der Waals surface area contributed by atoms with E-state index in [4.69, 9.17) is 27.7 Å². The van der Waals surface area contributed by atoms with Crippen molar-refractivity contribution in [3.05, 3.63) is 34.8 Å². The Hall–Kier alpha value is -1.46. The van der Waals surface area contributed by atoms with Crippen LogP contribution in [0.3, 0.4) is 0 Å². The molecule has 1 aromatic heterocycles. The third-order valence-corrected chi connectivity index (χ3v) is 4.35. The summed E-state index contributed by atoms with van der Waals surface area (Å²) in [6.07, 6.45) is 0. The van der Waals surface area contributed by atoms with Crippen LogP contribution in [0.25, 0.3) is 10.6 Å². The molecule has 106 valence electrons. The standard InChI is InChI=1S/C15H18N2OS2/c1-15(2,3)12-11(13(16)19)20-14(17-12)9-7-5-6-8-10(9)18-4/h5-8H,1-4H3,(H2,16,19). The average molecular weight is 306 g/mol. The van der Waals surface area contributed by atoms with E-state index < -0.39 is 0 Å². The molecule has 0 unspecified atom stereocenters. The van der Waals surface area contributed by atoms with Gasteiger partial charge in [0.15, 0.2) is 0 Å². The molecule has 0 aliphatic rings. The molecule has 0 atom stereocenters. The largest absolute Gasteiger partial charge is 0.496 e. The highest BCUT2D eigenvalue weighted by Crippen LogP contribution is 2.37. The molecule has 2 N–H and O–H groups in total. The number of thiocarbonyl (C=S) groups is 1. The first-order valence-corrected chi connectivity index (χ1v) is 7.51. The Morgan fingerprint density at radius 3 is 2.45 bits per heavy atom. The Kier molecular flexibility index (Phi) is 4.11. The maximum Gasteiger partial charge on any atom is 0.129 e. The molecule has 0 aliphatic heterocycles. The second-order valence-corrected chi connectivity index (χ2v) is 6.95. The number of aromatic nitrogens is 1. The fourth-order valence-corrected chi connectivity index (χ4v) is 3.31. The summed E-state index contributed by atoms with van der Waals surface area (Å²) in [5.74, 6) is 0.802. The van der Waals surface area contributed by atoms with Crippen molar-refractivity contribution < 1.29 is 4.74 Å². The van der Waals surface area contributed by atoms with E-state index in [0.29, 0.717) is 4.99 Å². The minimum atomic E-state index is -0.102. The topological polar surface area (TPSA) is 48.1 Å². The summed E-state index contributed by atoms with van der Waals surface area (Å²) in [5.41, 5.74) is 7.65. The highest BCUT2D eigenvalue weighted by molar-refractivity contribution is 7.81. The lowest BCUT2D eigenvalue weighted by Gasteiger charge is -2.17. The molecule has 3 nitrogen and oxygen atoms in total. The van der Waals surface area contributed by atoms with Crippen molar-refractivity contribution in [2.24, 2.45) is 5.73 Å². The van der Waals surface area contributed by atoms with Crippen molar-refractivity contribution in [1.82, 2.24) is 4.98 Å². The number of para-hydroxylation sites is 1. The van der Waals surface area contributed by atoms with E-state index in [1.807, 2.05) is 24.3 Å². The summed E-state index contributed by atoms with van der Waals surface area (Å²) < 4.78 is 5.40. The molecule has 0 radical (unpaired) electrons. The van der Waals surface area contributed by atoms with Gasteiger partial charge >= 0.3 is 0 Å². The Balaban J connectivity index is 2.62.